The van der Waals surface area contributed by atoms with Gasteiger partial charge in [-0.1, -0.05) is 0 Å². The predicted octanol–water partition coefficient (Wildman–Crippen LogP) is 1.47. The van der Waals surface area contributed by atoms with Gasteiger partial charge in [-0.15, -0.1) is 0 Å². The molecule has 19 heavy (non-hydrogen) atoms. The fraction of sp³-hybridized carbons (Fsp3) is 0.846. The topological polar surface area (TPSA) is 87.1 Å². The van der Waals surface area contributed by atoms with Crippen LogP contribution in [0.15, 0.2) is 0 Å². The molecule has 6 heteroatoms. The second-order valence-corrected chi connectivity index (χ2v) is 5.97. The Kier molecular flexibility index (Phi) is 5.17. The van der Waals surface area contributed by atoms with Gasteiger partial charge in [-0.2, -0.15) is 0 Å². The molecule has 0 bridgehead atoms. The SMILES string of the molecule is CC(C)(C)OC(=O)N1CC[C@@H](O)[C@@H](CCC(=O)O)C1. The fourth-order valence-corrected chi connectivity index (χ4v) is 2.10. The number of carbonyl (C=O) groups excluding carboxylic acids is 1. The van der Waals surface area contributed by atoms with E-state index in [2.05, 4.69) is 0 Å². The smallest absolute Gasteiger partial charge is 0.410 e. The number of carboxylic acid groups (broad SMARTS) is 1. The molecule has 0 aromatic rings. The zero-order valence-corrected chi connectivity index (χ0v) is 11.8. The van der Waals surface area contributed by atoms with E-state index in [1.54, 1.807) is 25.7 Å². The molecular formula is C13H23NO5. The lowest BCUT2D eigenvalue weighted by atomic mass is 9.91. The zero-order valence-electron chi connectivity index (χ0n) is 11.8. The van der Waals surface area contributed by atoms with E-state index in [1.165, 1.54) is 0 Å². The molecule has 0 aliphatic carbocycles. The molecule has 1 fully saturated rings. The molecule has 1 aliphatic heterocycles. The highest BCUT2D eigenvalue weighted by atomic mass is 16.6. The first-order valence-electron chi connectivity index (χ1n) is 6.57. The Morgan fingerprint density at radius 2 is 2.00 bits per heavy atom. The van der Waals surface area contributed by atoms with E-state index in [1.807, 2.05) is 0 Å². The third-order valence-electron chi connectivity index (χ3n) is 3.07. The second-order valence-electron chi connectivity index (χ2n) is 5.97. The molecule has 0 unspecified atom stereocenters. The first-order chi connectivity index (χ1) is 8.69. The van der Waals surface area contributed by atoms with E-state index in [-0.39, 0.29) is 12.3 Å². The molecule has 1 saturated heterocycles. The highest BCUT2D eigenvalue weighted by molar-refractivity contribution is 5.68. The van der Waals surface area contributed by atoms with Crippen molar-refractivity contribution in [3.05, 3.63) is 0 Å². The van der Waals surface area contributed by atoms with Gasteiger partial charge in [0.25, 0.3) is 0 Å². The van der Waals surface area contributed by atoms with Crippen LogP contribution < -0.4 is 0 Å². The standard InChI is InChI=1S/C13H23NO5/c1-13(2,3)19-12(18)14-7-6-10(15)9(8-14)4-5-11(16)17/h9-10,15H,4-8H2,1-3H3,(H,16,17)/t9-,10+/m0/s1. The van der Waals surface area contributed by atoms with Crippen molar-refractivity contribution in [3.63, 3.8) is 0 Å². The number of carboxylic acids is 1. The van der Waals surface area contributed by atoms with Crippen LogP contribution in [0.2, 0.25) is 0 Å². The first-order valence-corrected chi connectivity index (χ1v) is 6.57. The molecule has 2 atom stereocenters. The third kappa shape index (κ3) is 5.46. The molecule has 110 valence electrons. The number of rotatable bonds is 3. The van der Waals surface area contributed by atoms with E-state index in [4.69, 9.17) is 9.84 Å². The van der Waals surface area contributed by atoms with Crippen molar-refractivity contribution in [3.8, 4) is 0 Å². The summed E-state index contributed by atoms with van der Waals surface area (Å²) in [6.07, 6.45) is -0.110. The third-order valence-corrected chi connectivity index (χ3v) is 3.07. The van der Waals surface area contributed by atoms with Crippen LogP contribution in [0, 0.1) is 5.92 Å². The average Bonchev–Trinajstić information content (AvgIpc) is 2.25. The van der Waals surface area contributed by atoms with Gasteiger partial charge in [0.1, 0.15) is 5.60 Å². The summed E-state index contributed by atoms with van der Waals surface area (Å²) in [5.74, 6) is -1.08. The van der Waals surface area contributed by atoms with Crippen LogP contribution in [0.3, 0.4) is 0 Å². The van der Waals surface area contributed by atoms with Crippen molar-refractivity contribution in [2.75, 3.05) is 13.1 Å². The maximum atomic E-state index is 11.9. The van der Waals surface area contributed by atoms with Crippen LogP contribution >= 0.6 is 0 Å². The molecular weight excluding hydrogens is 250 g/mol. The Hall–Kier alpha value is -1.30. The number of hydrogen-bond acceptors (Lipinski definition) is 4. The molecule has 1 amide bonds. The lowest BCUT2D eigenvalue weighted by Crippen LogP contribution is -2.47. The first kappa shape index (κ1) is 15.8. The number of piperidine rings is 1. The van der Waals surface area contributed by atoms with Gasteiger partial charge in [-0.05, 0) is 33.6 Å². The summed E-state index contributed by atoms with van der Waals surface area (Å²) < 4.78 is 5.28. The van der Waals surface area contributed by atoms with Crippen LogP contribution in [0.1, 0.15) is 40.0 Å². The maximum absolute atomic E-state index is 11.9. The number of hydrogen-bond donors (Lipinski definition) is 2. The van der Waals surface area contributed by atoms with E-state index in [0.717, 1.165) is 0 Å². The number of aliphatic hydroxyl groups is 1. The Bertz CT molecular complexity index is 336. The van der Waals surface area contributed by atoms with Gasteiger partial charge in [-0.25, -0.2) is 4.79 Å². The highest BCUT2D eigenvalue weighted by Crippen LogP contribution is 2.23. The Morgan fingerprint density at radius 3 is 2.53 bits per heavy atom. The summed E-state index contributed by atoms with van der Waals surface area (Å²) in [7, 11) is 0. The summed E-state index contributed by atoms with van der Waals surface area (Å²) >= 11 is 0. The molecule has 1 rings (SSSR count). The molecule has 1 heterocycles. The number of carbonyl (C=O) groups is 2. The van der Waals surface area contributed by atoms with Crippen LogP contribution in [0.5, 0.6) is 0 Å². The summed E-state index contributed by atoms with van der Waals surface area (Å²) in [6.45, 7) is 6.19. The molecule has 1 aliphatic rings. The Morgan fingerprint density at radius 1 is 1.37 bits per heavy atom. The molecule has 0 spiro atoms. The summed E-state index contributed by atoms with van der Waals surface area (Å²) in [4.78, 5) is 24.0. The van der Waals surface area contributed by atoms with Crippen molar-refractivity contribution in [1.82, 2.24) is 4.90 Å². The van der Waals surface area contributed by atoms with Crippen LogP contribution in [0.4, 0.5) is 4.79 Å². The van der Waals surface area contributed by atoms with Crippen molar-refractivity contribution >= 4 is 12.1 Å². The van der Waals surface area contributed by atoms with Crippen LogP contribution in [0.25, 0.3) is 0 Å². The fourth-order valence-electron chi connectivity index (χ4n) is 2.10. The van der Waals surface area contributed by atoms with Gasteiger partial charge in [0.15, 0.2) is 0 Å². The lowest BCUT2D eigenvalue weighted by Gasteiger charge is -2.36. The molecule has 0 radical (unpaired) electrons. The van der Waals surface area contributed by atoms with Gasteiger partial charge >= 0.3 is 12.1 Å². The largest absolute Gasteiger partial charge is 0.481 e. The monoisotopic (exact) mass is 273 g/mol. The average molecular weight is 273 g/mol. The molecule has 2 N–H and O–H groups in total. The van der Waals surface area contributed by atoms with Gasteiger partial charge in [-0.3, -0.25) is 4.79 Å². The summed E-state index contributed by atoms with van der Waals surface area (Å²) in [6, 6.07) is 0. The summed E-state index contributed by atoms with van der Waals surface area (Å²) in [5, 5.41) is 18.5. The molecule has 6 nitrogen and oxygen atoms in total. The minimum absolute atomic E-state index is 0.00385. The Balaban J connectivity index is 2.53. The van der Waals surface area contributed by atoms with Crippen LogP contribution in [-0.2, 0) is 9.53 Å². The maximum Gasteiger partial charge on any atom is 0.410 e. The molecule has 0 saturated carbocycles. The normalized spacial score (nSPS) is 24.1. The van der Waals surface area contributed by atoms with E-state index in [9.17, 15) is 14.7 Å². The highest BCUT2D eigenvalue weighted by Gasteiger charge is 2.32. The minimum Gasteiger partial charge on any atom is -0.481 e. The molecule has 0 aromatic carbocycles. The number of nitrogens with zero attached hydrogens (tertiary/aromatic N) is 1. The predicted molar refractivity (Wildman–Crippen MR) is 68.8 cm³/mol. The number of aliphatic hydroxyl groups excluding tert-OH is 1. The number of aliphatic carboxylic acids is 1. The van der Waals surface area contributed by atoms with Gasteiger partial charge in [0.05, 0.1) is 6.10 Å². The zero-order chi connectivity index (χ0) is 14.6. The van der Waals surface area contributed by atoms with E-state index >= 15 is 0 Å². The lowest BCUT2D eigenvalue weighted by molar-refractivity contribution is -0.137. The Labute approximate surface area is 113 Å². The second kappa shape index (κ2) is 6.23. The minimum atomic E-state index is -0.887. The van der Waals surface area contributed by atoms with Crippen molar-refractivity contribution in [1.29, 1.82) is 0 Å². The van der Waals surface area contributed by atoms with Crippen LogP contribution in [-0.4, -0.2) is 52.0 Å². The van der Waals surface area contributed by atoms with Crippen molar-refractivity contribution in [2.45, 2.75) is 51.7 Å². The molecule has 0 aromatic heterocycles. The van der Waals surface area contributed by atoms with E-state index < -0.39 is 23.8 Å². The number of likely N-dealkylation sites (tertiary alicyclic amines) is 1. The van der Waals surface area contributed by atoms with Crippen molar-refractivity contribution < 1.29 is 24.5 Å². The number of ether oxygens (including phenoxy) is 1. The van der Waals surface area contributed by atoms with E-state index in [0.29, 0.717) is 25.9 Å². The number of amides is 1. The van der Waals surface area contributed by atoms with Gasteiger partial charge < -0.3 is 19.8 Å². The quantitative estimate of drug-likeness (QED) is 0.813. The van der Waals surface area contributed by atoms with Gasteiger partial charge in [0, 0.05) is 25.4 Å². The van der Waals surface area contributed by atoms with Crippen molar-refractivity contribution in [2.24, 2.45) is 5.92 Å². The van der Waals surface area contributed by atoms with Gasteiger partial charge in [0.2, 0.25) is 0 Å². The summed E-state index contributed by atoms with van der Waals surface area (Å²) in [5.41, 5.74) is -0.552.